The number of nitrogens with one attached hydrogen (secondary N) is 3. The Bertz CT molecular complexity index is 755. The van der Waals surface area contributed by atoms with Crippen molar-refractivity contribution in [2.45, 2.75) is 26.8 Å². The normalized spacial score (nSPS) is 10.2. The molecule has 0 atom stereocenters. The van der Waals surface area contributed by atoms with Gasteiger partial charge in [0.2, 0.25) is 5.91 Å². The van der Waals surface area contributed by atoms with Gasteiger partial charge in [-0.15, -0.1) is 0 Å². The van der Waals surface area contributed by atoms with Crippen molar-refractivity contribution in [3.05, 3.63) is 53.3 Å². The lowest BCUT2D eigenvalue weighted by atomic mass is 10.2. The van der Waals surface area contributed by atoms with Gasteiger partial charge in [-0.1, -0.05) is 18.2 Å². The minimum absolute atomic E-state index is 0.0185. The second kappa shape index (κ2) is 8.62. The minimum atomic E-state index is -0.393. The summed E-state index contributed by atoms with van der Waals surface area (Å²) in [5.41, 5.74) is 6.85. The molecular weight excluding hydrogens is 322 g/mol. The van der Waals surface area contributed by atoms with Gasteiger partial charge >= 0.3 is 0 Å². The SMILES string of the molecule is Cc1cc(C)n(CC(=O)NNC(=O)CCNC(=O)c2ccccc2)n1. The van der Waals surface area contributed by atoms with Gasteiger partial charge in [0, 0.05) is 24.2 Å². The van der Waals surface area contributed by atoms with Gasteiger partial charge in [0.1, 0.15) is 6.54 Å². The van der Waals surface area contributed by atoms with E-state index in [2.05, 4.69) is 21.3 Å². The number of nitrogens with zero attached hydrogens (tertiary/aromatic N) is 2. The third-order valence-corrected chi connectivity index (χ3v) is 3.41. The molecule has 0 saturated heterocycles. The van der Waals surface area contributed by atoms with E-state index in [9.17, 15) is 14.4 Å². The standard InChI is InChI=1S/C17H21N5O3/c1-12-10-13(2)22(21-12)11-16(24)20-19-15(23)8-9-18-17(25)14-6-4-3-5-7-14/h3-7,10H,8-9,11H2,1-2H3,(H,18,25)(H,19,23)(H,20,24). The van der Waals surface area contributed by atoms with Crippen LogP contribution in [0.1, 0.15) is 28.2 Å². The van der Waals surface area contributed by atoms with Crippen LogP contribution >= 0.6 is 0 Å². The molecule has 8 nitrogen and oxygen atoms in total. The lowest BCUT2D eigenvalue weighted by Crippen LogP contribution is -2.44. The first-order valence-corrected chi connectivity index (χ1v) is 7.87. The first-order valence-electron chi connectivity index (χ1n) is 7.87. The van der Waals surface area contributed by atoms with Crippen molar-refractivity contribution in [2.75, 3.05) is 6.54 Å². The summed E-state index contributed by atoms with van der Waals surface area (Å²) < 4.78 is 1.55. The smallest absolute Gasteiger partial charge is 0.260 e. The zero-order valence-electron chi connectivity index (χ0n) is 14.2. The van der Waals surface area contributed by atoms with E-state index in [1.807, 2.05) is 26.0 Å². The van der Waals surface area contributed by atoms with Crippen molar-refractivity contribution >= 4 is 17.7 Å². The van der Waals surface area contributed by atoms with Crippen LogP contribution in [0.2, 0.25) is 0 Å². The van der Waals surface area contributed by atoms with E-state index in [1.165, 1.54) is 0 Å². The molecule has 3 N–H and O–H groups in total. The molecule has 0 fully saturated rings. The summed E-state index contributed by atoms with van der Waals surface area (Å²) in [7, 11) is 0. The van der Waals surface area contributed by atoms with E-state index in [0.717, 1.165) is 11.4 Å². The van der Waals surface area contributed by atoms with E-state index >= 15 is 0 Å². The van der Waals surface area contributed by atoms with Crippen LogP contribution in [-0.4, -0.2) is 34.0 Å². The highest BCUT2D eigenvalue weighted by atomic mass is 16.2. The number of rotatable bonds is 6. The summed E-state index contributed by atoms with van der Waals surface area (Å²) in [5.74, 6) is -1.02. The van der Waals surface area contributed by atoms with Crippen LogP contribution in [0.3, 0.4) is 0 Å². The number of hydrogen-bond acceptors (Lipinski definition) is 4. The van der Waals surface area contributed by atoms with E-state index in [1.54, 1.807) is 28.9 Å². The predicted octanol–water partition coefficient (Wildman–Crippen LogP) is 0.467. The molecule has 0 aliphatic carbocycles. The molecule has 0 bridgehead atoms. The molecule has 132 valence electrons. The Morgan fingerprint density at radius 1 is 1.04 bits per heavy atom. The summed E-state index contributed by atoms with van der Waals surface area (Å²) in [5, 5.41) is 6.81. The maximum atomic E-state index is 11.8. The van der Waals surface area contributed by atoms with Crippen LogP contribution in [-0.2, 0) is 16.1 Å². The third-order valence-electron chi connectivity index (χ3n) is 3.41. The van der Waals surface area contributed by atoms with Crippen LogP contribution in [0.4, 0.5) is 0 Å². The van der Waals surface area contributed by atoms with Crippen LogP contribution in [0, 0.1) is 13.8 Å². The number of hydrazine groups is 1. The highest BCUT2D eigenvalue weighted by molar-refractivity contribution is 5.94. The summed E-state index contributed by atoms with van der Waals surface area (Å²) in [6, 6.07) is 10.6. The van der Waals surface area contributed by atoms with E-state index in [0.29, 0.717) is 5.56 Å². The van der Waals surface area contributed by atoms with E-state index in [4.69, 9.17) is 0 Å². The lowest BCUT2D eigenvalue weighted by Gasteiger charge is -2.09. The van der Waals surface area contributed by atoms with Crippen molar-refractivity contribution in [3.63, 3.8) is 0 Å². The Morgan fingerprint density at radius 2 is 1.72 bits per heavy atom. The average Bonchev–Trinajstić information content (AvgIpc) is 2.91. The number of carbonyl (C=O) groups is 3. The zero-order chi connectivity index (χ0) is 18.2. The van der Waals surface area contributed by atoms with E-state index in [-0.39, 0.29) is 31.3 Å². The van der Waals surface area contributed by atoms with Crippen molar-refractivity contribution in [1.82, 2.24) is 25.9 Å². The van der Waals surface area contributed by atoms with Crippen molar-refractivity contribution < 1.29 is 14.4 Å². The average molecular weight is 343 g/mol. The maximum absolute atomic E-state index is 11.8. The molecule has 1 heterocycles. The van der Waals surface area contributed by atoms with Gasteiger partial charge in [0.15, 0.2) is 0 Å². The number of hydrogen-bond donors (Lipinski definition) is 3. The first-order chi connectivity index (χ1) is 12.0. The van der Waals surface area contributed by atoms with Crippen molar-refractivity contribution in [2.24, 2.45) is 0 Å². The maximum Gasteiger partial charge on any atom is 0.260 e. The molecule has 0 spiro atoms. The summed E-state index contributed by atoms with van der Waals surface area (Å²) in [4.78, 5) is 35.3. The fourth-order valence-electron chi connectivity index (χ4n) is 2.19. The van der Waals surface area contributed by atoms with Gasteiger partial charge in [0.05, 0.1) is 5.69 Å². The van der Waals surface area contributed by atoms with Gasteiger partial charge in [-0.25, -0.2) is 0 Å². The van der Waals surface area contributed by atoms with Gasteiger partial charge in [-0.2, -0.15) is 5.10 Å². The number of aromatic nitrogens is 2. The second-order valence-electron chi connectivity index (χ2n) is 5.55. The molecule has 0 aliphatic heterocycles. The molecule has 2 rings (SSSR count). The molecule has 2 aromatic rings. The van der Waals surface area contributed by atoms with Crippen LogP contribution in [0.25, 0.3) is 0 Å². The van der Waals surface area contributed by atoms with Crippen LogP contribution in [0.15, 0.2) is 36.4 Å². The first kappa shape index (κ1) is 18.2. The fourth-order valence-corrected chi connectivity index (χ4v) is 2.19. The number of benzene rings is 1. The summed E-state index contributed by atoms with van der Waals surface area (Å²) in [6.45, 7) is 3.88. The minimum Gasteiger partial charge on any atom is -0.352 e. The quantitative estimate of drug-likeness (QED) is 0.663. The Hall–Kier alpha value is -3.16. The van der Waals surface area contributed by atoms with Crippen LogP contribution in [0.5, 0.6) is 0 Å². The number of amides is 3. The topological polar surface area (TPSA) is 105 Å². The monoisotopic (exact) mass is 343 g/mol. The van der Waals surface area contributed by atoms with E-state index < -0.39 is 5.91 Å². The summed E-state index contributed by atoms with van der Waals surface area (Å²) in [6.07, 6.45) is 0.0543. The second-order valence-corrected chi connectivity index (χ2v) is 5.55. The van der Waals surface area contributed by atoms with Gasteiger partial charge in [0.25, 0.3) is 11.8 Å². The molecule has 1 aromatic carbocycles. The Morgan fingerprint density at radius 3 is 2.36 bits per heavy atom. The Kier molecular flexibility index (Phi) is 6.27. The highest BCUT2D eigenvalue weighted by Gasteiger charge is 2.09. The molecule has 3 amide bonds. The van der Waals surface area contributed by atoms with Gasteiger partial charge in [-0.3, -0.25) is 29.9 Å². The Balaban J connectivity index is 1.66. The number of carbonyl (C=O) groups excluding carboxylic acids is 3. The fraction of sp³-hybridized carbons (Fsp3) is 0.294. The highest BCUT2D eigenvalue weighted by Crippen LogP contribution is 2.01. The van der Waals surface area contributed by atoms with Gasteiger partial charge < -0.3 is 5.32 Å². The molecule has 25 heavy (non-hydrogen) atoms. The Labute approximate surface area is 145 Å². The molecule has 1 aromatic heterocycles. The largest absolute Gasteiger partial charge is 0.352 e. The van der Waals surface area contributed by atoms with Crippen molar-refractivity contribution in [1.29, 1.82) is 0 Å². The molecule has 0 unspecified atom stereocenters. The third kappa shape index (κ3) is 5.76. The number of aryl methyl sites for hydroxylation is 2. The lowest BCUT2D eigenvalue weighted by molar-refractivity contribution is -0.129. The molecule has 0 aliphatic rings. The molecule has 0 radical (unpaired) electrons. The predicted molar refractivity (Wildman–Crippen MR) is 91.4 cm³/mol. The summed E-state index contributed by atoms with van der Waals surface area (Å²) >= 11 is 0. The molecular formula is C17H21N5O3. The van der Waals surface area contributed by atoms with Crippen LogP contribution < -0.4 is 16.2 Å². The van der Waals surface area contributed by atoms with Gasteiger partial charge in [-0.05, 0) is 32.0 Å². The molecule has 0 saturated carbocycles. The molecule has 8 heteroatoms. The zero-order valence-corrected chi connectivity index (χ0v) is 14.2. The van der Waals surface area contributed by atoms with Crippen molar-refractivity contribution in [3.8, 4) is 0 Å².